The van der Waals surface area contributed by atoms with Crippen molar-refractivity contribution >= 4 is 17.7 Å². The number of alkyl halides is 3. The van der Waals surface area contributed by atoms with Gasteiger partial charge in [0.1, 0.15) is 0 Å². The fraction of sp³-hybridized carbons (Fsp3) is 0.533. The predicted octanol–water partition coefficient (Wildman–Crippen LogP) is 3.39. The summed E-state index contributed by atoms with van der Waals surface area (Å²) >= 11 is 1.38. The van der Waals surface area contributed by atoms with E-state index < -0.39 is 23.9 Å². The third-order valence-corrected chi connectivity index (χ3v) is 4.37. The first kappa shape index (κ1) is 18.8. The van der Waals surface area contributed by atoms with Gasteiger partial charge in [-0.3, -0.25) is 4.79 Å². The molecule has 3 nitrogen and oxygen atoms in total. The highest BCUT2D eigenvalue weighted by molar-refractivity contribution is 7.99. The minimum Gasteiger partial charge on any atom is -0.386 e. The van der Waals surface area contributed by atoms with E-state index >= 15 is 0 Å². The van der Waals surface area contributed by atoms with Crippen molar-refractivity contribution in [2.75, 3.05) is 6.26 Å². The first-order valence-corrected chi connectivity index (χ1v) is 8.17. The number of hydrogen-bond donors (Lipinski definition) is 2. The minimum atomic E-state index is -4.41. The molecule has 1 aromatic carbocycles. The molecule has 0 bridgehead atoms. The van der Waals surface area contributed by atoms with E-state index in [2.05, 4.69) is 5.32 Å². The van der Waals surface area contributed by atoms with Crippen LogP contribution in [0.25, 0.3) is 0 Å². The maximum Gasteiger partial charge on any atom is 0.416 e. The van der Waals surface area contributed by atoms with Gasteiger partial charge < -0.3 is 10.4 Å². The van der Waals surface area contributed by atoms with Crippen LogP contribution in [0.3, 0.4) is 0 Å². The Labute approximate surface area is 132 Å². The summed E-state index contributed by atoms with van der Waals surface area (Å²) in [6, 6.07) is 3.79. The standard InChI is InChI=1S/C15H20F3NO2S/c1-4-12(19-14(21)9(2)22-3)13(20)10-5-7-11(8-6-10)15(16,17)18/h5-9,12-13,20H,4H2,1-3H3,(H,19,21). The first-order valence-electron chi connectivity index (χ1n) is 6.89. The van der Waals surface area contributed by atoms with Gasteiger partial charge >= 0.3 is 6.18 Å². The molecule has 2 N–H and O–H groups in total. The third-order valence-electron chi connectivity index (χ3n) is 3.45. The quantitative estimate of drug-likeness (QED) is 0.838. The summed E-state index contributed by atoms with van der Waals surface area (Å²) in [6.45, 7) is 3.54. The molecule has 1 amide bonds. The van der Waals surface area contributed by atoms with Crippen molar-refractivity contribution < 1.29 is 23.1 Å². The fourth-order valence-electron chi connectivity index (χ4n) is 1.91. The van der Waals surface area contributed by atoms with Gasteiger partial charge in [-0.05, 0) is 37.3 Å². The van der Waals surface area contributed by atoms with Crippen molar-refractivity contribution in [3.63, 3.8) is 0 Å². The van der Waals surface area contributed by atoms with E-state index in [9.17, 15) is 23.1 Å². The van der Waals surface area contributed by atoms with Crippen LogP contribution in [0.5, 0.6) is 0 Å². The second-order valence-electron chi connectivity index (χ2n) is 4.97. The minimum absolute atomic E-state index is 0.203. The molecule has 1 rings (SSSR count). The smallest absolute Gasteiger partial charge is 0.386 e. The van der Waals surface area contributed by atoms with Gasteiger partial charge in [-0.2, -0.15) is 24.9 Å². The van der Waals surface area contributed by atoms with Crippen LogP contribution in [0.1, 0.15) is 37.5 Å². The van der Waals surface area contributed by atoms with Crippen LogP contribution in [-0.2, 0) is 11.0 Å². The molecule has 0 heterocycles. The average Bonchev–Trinajstić information content (AvgIpc) is 2.50. The molecule has 3 unspecified atom stereocenters. The van der Waals surface area contributed by atoms with Gasteiger partial charge in [-0.1, -0.05) is 19.1 Å². The molecule has 0 aliphatic rings. The Kier molecular flexibility index (Phi) is 6.74. The maximum absolute atomic E-state index is 12.5. The molecule has 0 saturated heterocycles. The number of nitrogens with one attached hydrogen (secondary N) is 1. The number of hydrogen-bond acceptors (Lipinski definition) is 3. The summed E-state index contributed by atoms with van der Waals surface area (Å²) < 4.78 is 37.6. The molecule has 3 atom stereocenters. The van der Waals surface area contributed by atoms with Crippen molar-refractivity contribution in [3.05, 3.63) is 35.4 Å². The molecule has 0 aromatic heterocycles. The first-order chi connectivity index (χ1) is 10.2. The Morgan fingerprint density at radius 1 is 1.32 bits per heavy atom. The van der Waals surface area contributed by atoms with E-state index in [4.69, 9.17) is 0 Å². The monoisotopic (exact) mass is 335 g/mol. The average molecular weight is 335 g/mol. The van der Waals surface area contributed by atoms with Gasteiger partial charge in [0, 0.05) is 0 Å². The Balaban J connectivity index is 2.83. The highest BCUT2D eigenvalue weighted by Crippen LogP contribution is 2.30. The molecule has 0 fully saturated rings. The lowest BCUT2D eigenvalue weighted by molar-refractivity contribution is -0.137. The fourth-order valence-corrected chi connectivity index (χ4v) is 2.20. The molecule has 0 saturated carbocycles. The summed E-state index contributed by atoms with van der Waals surface area (Å²) in [7, 11) is 0. The van der Waals surface area contributed by atoms with Gasteiger partial charge in [0.15, 0.2) is 0 Å². The summed E-state index contributed by atoms with van der Waals surface area (Å²) in [5, 5.41) is 12.7. The molecule has 124 valence electrons. The van der Waals surface area contributed by atoms with E-state index in [1.807, 2.05) is 0 Å². The van der Waals surface area contributed by atoms with Crippen molar-refractivity contribution in [2.24, 2.45) is 0 Å². The van der Waals surface area contributed by atoms with Crippen LogP contribution in [0, 0.1) is 0 Å². The topological polar surface area (TPSA) is 49.3 Å². The van der Waals surface area contributed by atoms with Crippen LogP contribution in [-0.4, -0.2) is 28.6 Å². The van der Waals surface area contributed by atoms with Crippen molar-refractivity contribution in [3.8, 4) is 0 Å². The zero-order chi connectivity index (χ0) is 16.9. The van der Waals surface area contributed by atoms with Crippen LogP contribution in [0.15, 0.2) is 24.3 Å². The van der Waals surface area contributed by atoms with Crippen molar-refractivity contribution in [1.29, 1.82) is 0 Å². The second-order valence-corrected chi connectivity index (χ2v) is 6.14. The summed E-state index contributed by atoms with van der Waals surface area (Å²) in [4.78, 5) is 11.9. The number of benzene rings is 1. The number of halogens is 3. The summed E-state index contributed by atoms with van der Waals surface area (Å²) in [6.07, 6.45) is -3.19. The predicted molar refractivity (Wildman–Crippen MR) is 81.6 cm³/mol. The highest BCUT2D eigenvalue weighted by Gasteiger charge is 2.31. The molecule has 0 radical (unpaired) electrons. The van der Waals surface area contributed by atoms with Gasteiger partial charge in [-0.15, -0.1) is 0 Å². The van der Waals surface area contributed by atoms with E-state index in [1.165, 1.54) is 23.9 Å². The van der Waals surface area contributed by atoms with Gasteiger partial charge in [0.25, 0.3) is 0 Å². The lowest BCUT2D eigenvalue weighted by Crippen LogP contribution is -2.42. The number of carbonyl (C=O) groups is 1. The number of aliphatic hydroxyl groups is 1. The molecule has 22 heavy (non-hydrogen) atoms. The molecule has 0 spiro atoms. The molecule has 1 aromatic rings. The normalized spacial score (nSPS) is 16.0. The summed E-state index contributed by atoms with van der Waals surface area (Å²) in [5.74, 6) is -0.203. The molecule has 0 aliphatic carbocycles. The molecule has 7 heteroatoms. The SMILES string of the molecule is CCC(NC(=O)C(C)SC)C(O)c1ccc(C(F)(F)F)cc1. The van der Waals surface area contributed by atoms with E-state index in [0.717, 1.165) is 12.1 Å². The van der Waals surface area contributed by atoms with Gasteiger partial charge in [-0.25, -0.2) is 0 Å². The number of thioether (sulfide) groups is 1. The Bertz CT molecular complexity index is 491. The van der Waals surface area contributed by atoms with Crippen LogP contribution < -0.4 is 5.32 Å². The van der Waals surface area contributed by atoms with E-state index in [1.54, 1.807) is 20.1 Å². The number of rotatable bonds is 6. The molecular formula is C15H20F3NO2S. The number of carbonyl (C=O) groups excluding carboxylic acids is 1. The van der Waals surface area contributed by atoms with E-state index in [0.29, 0.717) is 12.0 Å². The Morgan fingerprint density at radius 2 is 1.86 bits per heavy atom. The number of amides is 1. The van der Waals surface area contributed by atoms with Gasteiger partial charge in [0.2, 0.25) is 5.91 Å². The Hall–Kier alpha value is -1.21. The maximum atomic E-state index is 12.5. The second kappa shape index (κ2) is 7.87. The third kappa shape index (κ3) is 4.91. The number of aliphatic hydroxyl groups excluding tert-OH is 1. The van der Waals surface area contributed by atoms with Crippen LogP contribution in [0.2, 0.25) is 0 Å². The lowest BCUT2D eigenvalue weighted by Gasteiger charge is -2.24. The van der Waals surface area contributed by atoms with Crippen molar-refractivity contribution in [2.45, 2.75) is 43.8 Å². The largest absolute Gasteiger partial charge is 0.416 e. The Morgan fingerprint density at radius 3 is 2.27 bits per heavy atom. The van der Waals surface area contributed by atoms with Crippen molar-refractivity contribution in [1.82, 2.24) is 5.32 Å². The lowest BCUT2D eigenvalue weighted by atomic mass is 9.99. The summed E-state index contributed by atoms with van der Waals surface area (Å²) in [5.41, 5.74) is -0.423. The van der Waals surface area contributed by atoms with Crippen LogP contribution >= 0.6 is 11.8 Å². The van der Waals surface area contributed by atoms with Crippen LogP contribution in [0.4, 0.5) is 13.2 Å². The zero-order valence-corrected chi connectivity index (χ0v) is 13.5. The highest BCUT2D eigenvalue weighted by atomic mass is 32.2. The van der Waals surface area contributed by atoms with E-state index in [-0.39, 0.29) is 11.2 Å². The molecular weight excluding hydrogens is 315 g/mol. The molecule has 0 aliphatic heterocycles. The van der Waals surface area contributed by atoms with Gasteiger partial charge in [0.05, 0.1) is 23.0 Å². The zero-order valence-electron chi connectivity index (χ0n) is 12.6.